The van der Waals surface area contributed by atoms with Gasteiger partial charge in [-0.25, -0.2) is 14.2 Å². The number of ether oxygens (including phenoxy) is 1. The average Bonchev–Trinajstić information content (AvgIpc) is 3.62. The fraction of sp³-hybridized carbons (Fsp3) is 0.522. The summed E-state index contributed by atoms with van der Waals surface area (Å²) in [5, 5.41) is 13.1. The van der Waals surface area contributed by atoms with Gasteiger partial charge in [-0.1, -0.05) is 6.07 Å². The monoisotopic (exact) mass is 441 g/mol. The van der Waals surface area contributed by atoms with E-state index in [2.05, 4.69) is 10.3 Å². The number of hydrogen-bond donors (Lipinski definition) is 2. The number of hydrogen-bond acceptors (Lipinski definition) is 6. The average molecular weight is 442 g/mol. The van der Waals surface area contributed by atoms with Gasteiger partial charge in [-0.2, -0.15) is 4.98 Å². The summed E-state index contributed by atoms with van der Waals surface area (Å²) in [6.07, 6.45) is 6.52. The van der Waals surface area contributed by atoms with Crippen LogP contribution in [0.25, 0.3) is 0 Å². The van der Waals surface area contributed by atoms with Gasteiger partial charge in [0.05, 0.1) is 24.9 Å². The molecule has 0 unspecified atom stereocenters. The van der Waals surface area contributed by atoms with E-state index < -0.39 is 5.82 Å². The predicted octanol–water partition coefficient (Wildman–Crippen LogP) is 3.84. The first-order valence-electron chi connectivity index (χ1n) is 11.4. The third kappa shape index (κ3) is 3.97. The molecule has 0 atom stereocenters. The second kappa shape index (κ2) is 8.54. The topological polar surface area (TPSA) is 90.8 Å². The SMILES string of the molecule is CCOc1cccc(N2Cc3cnc(NC4CCC(O)CC4)nc3N(C3CC3)C2=O)c1F. The molecule has 2 aromatic rings. The van der Waals surface area contributed by atoms with E-state index in [0.29, 0.717) is 18.4 Å². The molecule has 2 aliphatic carbocycles. The Hall–Kier alpha value is -2.94. The fourth-order valence-corrected chi connectivity index (χ4v) is 4.47. The minimum absolute atomic E-state index is 0.0646. The van der Waals surface area contributed by atoms with Crippen LogP contribution in [-0.4, -0.2) is 45.9 Å². The highest BCUT2D eigenvalue weighted by Crippen LogP contribution is 2.40. The molecular weight excluding hydrogens is 413 g/mol. The van der Waals surface area contributed by atoms with Crippen molar-refractivity contribution in [1.82, 2.24) is 9.97 Å². The normalized spacial score (nSPS) is 23.2. The molecule has 1 aromatic heterocycles. The quantitative estimate of drug-likeness (QED) is 0.708. The number of aliphatic hydroxyl groups is 1. The third-order valence-corrected chi connectivity index (χ3v) is 6.31. The van der Waals surface area contributed by atoms with Gasteiger partial charge in [0.15, 0.2) is 11.6 Å². The summed E-state index contributed by atoms with van der Waals surface area (Å²) in [4.78, 5) is 25.8. The number of nitrogens with one attached hydrogen (secondary N) is 1. The number of anilines is 3. The van der Waals surface area contributed by atoms with Gasteiger partial charge in [0.2, 0.25) is 5.95 Å². The Bertz CT molecular complexity index is 1010. The smallest absolute Gasteiger partial charge is 0.330 e. The number of carbonyl (C=O) groups is 1. The molecule has 2 saturated carbocycles. The van der Waals surface area contributed by atoms with Gasteiger partial charge in [-0.05, 0) is 57.6 Å². The number of urea groups is 1. The molecule has 2 N–H and O–H groups in total. The van der Waals surface area contributed by atoms with E-state index in [0.717, 1.165) is 44.1 Å². The van der Waals surface area contributed by atoms with Gasteiger partial charge in [0, 0.05) is 23.8 Å². The molecule has 2 heterocycles. The summed E-state index contributed by atoms with van der Waals surface area (Å²) in [6, 6.07) is 4.84. The maximum absolute atomic E-state index is 15.1. The zero-order valence-corrected chi connectivity index (χ0v) is 18.1. The lowest BCUT2D eigenvalue weighted by molar-refractivity contribution is 0.126. The van der Waals surface area contributed by atoms with E-state index >= 15 is 4.39 Å². The predicted molar refractivity (Wildman–Crippen MR) is 119 cm³/mol. The summed E-state index contributed by atoms with van der Waals surface area (Å²) in [7, 11) is 0. The van der Waals surface area contributed by atoms with Crippen molar-refractivity contribution in [2.24, 2.45) is 0 Å². The number of amides is 2. The van der Waals surface area contributed by atoms with Crippen molar-refractivity contribution in [2.75, 3.05) is 21.7 Å². The summed E-state index contributed by atoms with van der Waals surface area (Å²) in [5.74, 6) is 0.681. The highest BCUT2D eigenvalue weighted by atomic mass is 19.1. The van der Waals surface area contributed by atoms with Crippen molar-refractivity contribution in [3.63, 3.8) is 0 Å². The Morgan fingerprint density at radius 1 is 1.22 bits per heavy atom. The highest BCUT2D eigenvalue weighted by molar-refractivity contribution is 6.06. The first-order valence-corrected chi connectivity index (χ1v) is 11.4. The van der Waals surface area contributed by atoms with Gasteiger partial charge < -0.3 is 15.2 Å². The van der Waals surface area contributed by atoms with Crippen LogP contribution in [0.2, 0.25) is 0 Å². The van der Waals surface area contributed by atoms with E-state index in [4.69, 9.17) is 9.72 Å². The maximum atomic E-state index is 15.1. The van der Waals surface area contributed by atoms with Crippen molar-refractivity contribution in [2.45, 2.75) is 70.2 Å². The van der Waals surface area contributed by atoms with E-state index in [1.54, 1.807) is 36.2 Å². The molecule has 2 fully saturated rings. The van der Waals surface area contributed by atoms with Gasteiger partial charge in [0.1, 0.15) is 5.82 Å². The van der Waals surface area contributed by atoms with Crippen molar-refractivity contribution in [3.8, 4) is 5.75 Å². The Morgan fingerprint density at radius 2 is 2.00 bits per heavy atom. The number of benzene rings is 1. The number of nitrogens with zero attached hydrogens (tertiary/aromatic N) is 4. The molecule has 3 aliphatic rings. The van der Waals surface area contributed by atoms with Crippen LogP contribution in [0.15, 0.2) is 24.4 Å². The largest absolute Gasteiger partial charge is 0.491 e. The van der Waals surface area contributed by atoms with Crippen LogP contribution >= 0.6 is 0 Å². The number of halogens is 1. The van der Waals surface area contributed by atoms with Crippen molar-refractivity contribution >= 4 is 23.5 Å². The first kappa shape index (κ1) is 20.9. The molecule has 8 nitrogen and oxygen atoms in total. The Labute approximate surface area is 186 Å². The van der Waals surface area contributed by atoms with E-state index in [9.17, 15) is 9.90 Å². The molecule has 170 valence electrons. The maximum Gasteiger partial charge on any atom is 0.330 e. The molecule has 0 radical (unpaired) electrons. The van der Waals surface area contributed by atoms with Gasteiger partial charge in [0.25, 0.3) is 0 Å². The van der Waals surface area contributed by atoms with E-state index in [1.807, 2.05) is 0 Å². The Morgan fingerprint density at radius 3 is 2.72 bits per heavy atom. The molecule has 0 bridgehead atoms. The second-order valence-electron chi connectivity index (χ2n) is 8.68. The Kier molecular flexibility index (Phi) is 5.58. The number of aliphatic hydroxyl groups excluding tert-OH is 1. The van der Waals surface area contributed by atoms with Crippen LogP contribution < -0.4 is 19.9 Å². The second-order valence-corrected chi connectivity index (χ2v) is 8.68. The van der Waals surface area contributed by atoms with Crippen LogP contribution in [0.4, 0.5) is 26.6 Å². The molecular formula is C23H28FN5O3. The Balaban J connectivity index is 1.44. The number of fused-ring (bicyclic) bond motifs is 1. The van der Waals surface area contributed by atoms with Crippen LogP contribution in [0.3, 0.4) is 0 Å². The van der Waals surface area contributed by atoms with Crippen molar-refractivity contribution in [1.29, 1.82) is 0 Å². The lowest BCUT2D eigenvalue weighted by atomic mass is 9.93. The zero-order valence-electron chi connectivity index (χ0n) is 18.1. The summed E-state index contributed by atoms with van der Waals surface area (Å²) < 4.78 is 20.5. The molecule has 0 saturated heterocycles. The molecule has 1 aliphatic heterocycles. The molecule has 9 heteroatoms. The van der Waals surface area contributed by atoms with Gasteiger partial charge in [-0.3, -0.25) is 9.80 Å². The number of carbonyl (C=O) groups excluding carboxylic acids is 1. The van der Waals surface area contributed by atoms with Crippen molar-refractivity contribution in [3.05, 3.63) is 35.8 Å². The van der Waals surface area contributed by atoms with Crippen LogP contribution in [0.5, 0.6) is 5.75 Å². The lowest BCUT2D eigenvalue weighted by Gasteiger charge is -2.36. The third-order valence-electron chi connectivity index (χ3n) is 6.31. The molecule has 2 amide bonds. The summed E-state index contributed by atoms with van der Waals surface area (Å²) in [5.41, 5.74) is 0.975. The molecule has 0 spiro atoms. The van der Waals surface area contributed by atoms with Crippen molar-refractivity contribution < 1.29 is 19.0 Å². The minimum Gasteiger partial charge on any atom is -0.491 e. The summed E-state index contributed by atoms with van der Waals surface area (Å²) >= 11 is 0. The van der Waals surface area contributed by atoms with E-state index in [-0.39, 0.29) is 42.2 Å². The molecule has 5 rings (SSSR count). The molecule has 32 heavy (non-hydrogen) atoms. The van der Waals surface area contributed by atoms with E-state index in [1.165, 1.54) is 4.90 Å². The standard InChI is InChI=1S/C23H28FN5O3/c1-2-32-19-5-3-4-18(20(19)24)28-13-14-12-25-22(26-15-6-10-17(30)11-7-15)27-21(14)29(23(28)31)16-8-9-16/h3-5,12,15-17,30H,2,6-11,13H2,1H3,(H,25,26,27). The highest BCUT2D eigenvalue weighted by Gasteiger charge is 2.42. The van der Waals surface area contributed by atoms with Crippen LogP contribution in [0.1, 0.15) is 51.0 Å². The molecule has 1 aromatic carbocycles. The van der Waals surface area contributed by atoms with Gasteiger partial charge >= 0.3 is 6.03 Å². The first-order chi connectivity index (χ1) is 15.5. The zero-order chi connectivity index (χ0) is 22.2. The van der Waals surface area contributed by atoms with Gasteiger partial charge in [-0.15, -0.1) is 0 Å². The number of aromatic nitrogens is 2. The lowest BCUT2D eigenvalue weighted by Crippen LogP contribution is -2.49. The fourth-order valence-electron chi connectivity index (χ4n) is 4.47. The number of rotatable bonds is 6. The van der Waals surface area contributed by atoms with Crippen LogP contribution in [-0.2, 0) is 6.54 Å². The minimum atomic E-state index is -0.541. The van der Waals surface area contributed by atoms with Crippen LogP contribution in [0, 0.1) is 5.82 Å². The summed E-state index contributed by atoms with van der Waals surface area (Å²) in [6.45, 7) is 2.33.